The van der Waals surface area contributed by atoms with Crippen molar-refractivity contribution < 1.29 is 4.92 Å². The molecule has 0 unspecified atom stereocenters. The third kappa shape index (κ3) is 2.65. The van der Waals surface area contributed by atoms with Gasteiger partial charge in [0.15, 0.2) is 5.69 Å². The van der Waals surface area contributed by atoms with Gasteiger partial charge < -0.3 is 4.90 Å². The highest BCUT2D eigenvalue weighted by Crippen LogP contribution is 2.32. The smallest absolute Gasteiger partial charge is 0.295 e. The van der Waals surface area contributed by atoms with Crippen LogP contribution in [0.25, 0.3) is 11.3 Å². The molecule has 0 fully saturated rings. The molecule has 120 valence electrons. The Hall–Kier alpha value is -2.73. The molecule has 0 radical (unpaired) electrons. The van der Waals surface area contributed by atoms with Gasteiger partial charge >= 0.3 is 0 Å². The molecular weight excluding hydrogens is 322 g/mol. The van der Waals surface area contributed by atoms with E-state index in [9.17, 15) is 10.1 Å². The molecule has 1 aromatic carbocycles. The molecule has 1 aliphatic rings. The third-order valence-corrected chi connectivity index (χ3v) is 5.26. The van der Waals surface area contributed by atoms with Crippen molar-refractivity contribution in [2.75, 3.05) is 11.4 Å². The summed E-state index contributed by atoms with van der Waals surface area (Å²) in [6.07, 6.45) is 0.992. The fourth-order valence-electron chi connectivity index (χ4n) is 3.02. The highest BCUT2D eigenvalue weighted by Gasteiger charge is 2.22. The third-order valence-electron chi connectivity index (χ3n) is 4.23. The van der Waals surface area contributed by atoms with Crippen molar-refractivity contribution in [1.29, 1.82) is 0 Å². The highest BCUT2D eigenvalue weighted by atomic mass is 32.1. The molecule has 3 aromatic rings. The maximum Gasteiger partial charge on any atom is 0.295 e. The van der Waals surface area contributed by atoms with Gasteiger partial charge in [-0.25, -0.2) is 4.98 Å². The summed E-state index contributed by atoms with van der Waals surface area (Å²) in [4.78, 5) is 19.2. The number of pyridine rings is 1. The maximum absolute atomic E-state index is 11.4. The van der Waals surface area contributed by atoms with Crippen LogP contribution in [0, 0.1) is 10.1 Å². The van der Waals surface area contributed by atoms with E-state index in [2.05, 4.69) is 21.3 Å². The Morgan fingerprint density at radius 2 is 1.96 bits per heavy atom. The summed E-state index contributed by atoms with van der Waals surface area (Å²) in [5.41, 5.74) is 2.55. The van der Waals surface area contributed by atoms with Crippen LogP contribution >= 0.6 is 11.3 Å². The molecule has 1 aliphatic heterocycles. The Balaban J connectivity index is 1.74. The van der Waals surface area contributed by atoms with Gasteiger partial charge in [0.1, 0.15) is 5.82 Å². The summed E-state index contributed by atoms with van der Waals surface area (Å²) in [7, 11) is 0. The number of benzene rings is 1. The number of fused-ring (bicyclic) bond motifs is 1. The lowest BCUT2D eigenvalue weighted by atomic mass is 10.1. The number of hydrogen-bond acceptors (Lipinski definition) is 5. The van der Waals surface area contributed by atoms with Gasteiger partial charge in [-0.1, -0.05) is 30.3 Å². The number of aromatic nitrogens is 1. The van der Waals surface area contributed by atoms with Crippen LogP contribution in [0.3, 0.4) is 0 Å². The first-order valence-corrected chi connectivity index (χ1v) is 8.61. The van der Waals surface area contributed by atoms with Gasteiger partial charge in [0.05, 0.1) is 4.92 Å². The van der Waals surface area contributed by atoms with E-state index in [0.717, 1.165) is 30.9 Å². The second-order valence-electron chi connectivity index (χ2n) is 5.70. The SMILES string of the molecule is O=[N+]([O-])c1ccc(N2CCc3sccc3C2)nc1-c1ccccc1. The average Bonchev–Trinajstić information content (AvgIpc) is 3.09. The quantitative estimate of drug-likeness (QED) is 0.529. The molecule has 2 aromatic heterocycles. The van der Waals surface area contributed by atoms with Crippen molar-refractivity contribution in [1.82, 2.24) is 4.98 Å². The molecule has 4 rings (SSSR count). The summed E-state index contributed by atoms with van der Waals surface area (Å²) in [6.45, 7) is 1.68. The standard InChI is InChI=1S/C18H15N3O2S/c22-21(23)15-6-7-17(19-18(15)13-4-2-1-3-5-13)20-10-8-16-14(12-20)9-11-24-16/h1-7,9,11H,8,10,12H2. The molecule has 3 heterocycles. The minimum Gasteiger partial charge on any atom is -0.352 e. The van der Waals surface area contributed by atoms with Crippen molar-refractivity contribution in [2.45, 2.75) is 13.0 Å². The van der Waals surface area contributed by atoms with E-state index < -0.39 is 0 Å². The van der Waals surface area contributed by atoms with Crippen LogP contribution in [0.5, 0.6) is 0 Å². The van der Waals surface area contributed by atoms with Gasteiger partial charge in [-0.2, -0.15) is 0 Å². The first-order valence-electron chi connectivity index (χ1n) is 7.73. The molecule has 6 heteroatoms. The number of rotatable bonds is 3. The Kier molecular flexibility index (Phi) is 3.74. The summed E-state index contributed by atoms with van der Waals surface area (Å²) >= 11 is 1.79. The summed E-state index contributed by atoms with van der Waals surface area (Å²) < 4.78 is 0. The normalized spacial score (nSPS) is 13.6. The first kappa shape index (κ1) is 14.8. The van der Waals surface area contributed by atoms with E-state index in [1.807, 2.05) is 30.3 Å². The summed E-state index contributed by atoms with van der Waals surface area (Å²) in [6, 6.07) is 14.8. The van der Waals surface area contributed by atoms with Crippen LogP contribution in [-0.2, 0) is 13.0 Å². The second kappa shape index (κ2) is 6.05. The van der Waals surface area contributed by atoms with Crippen LogP contribution in [0.4, 0.5) is 11.5 Å². The Morgan fingerprint density at radius 3 is 2.75 bits per heavy atom. The van der Waals surface area contributed by atoms with E-state index in [4.69, 9.17) is 0 Å². The number of anilines is 1. The Labute approximate surface area is 143 Å². The lowest BCUT2D eigenvalue weighted by Gasteiger charge is -2.28. The molecule has 5 nitrogen and oxygen atoms in total. The largest absolute Gasteiger partial charge is 0.352 e. The topological polar surface area (TPSA) is 59.3 Å². The van der Waals surface area contributed by atoms with Gasteiger partial charge in [-0.3, -0.25) is 10.1 Å². The monoisotopic (exact) mass is 337 g/mol. The van der Waals surface area contributed by atoms with Crippen LogP contribution in [0.1, 0.15) is 10.4 Å². The van der Waals surface area contributed by atoms with Crippen LogP contribution in [-0.4, -0.2) is 16.5 Å². The zero-order chi connectivity index (χ0) is 16.5. The van der Waals surface area contributed by atoms with Crippen molar-refractivity contribution >= 4 is 22.8 Å². The molecule has 0 aliphatic carbocycles. The van der Waals surface area contributed by atoms with Crippen molar-refractivity contribution in [2.24, 2.45) is 0 Å². The van der Waals surface area contributed by atoms with Gasteiger partial charge in [0.25, 0.3) is 5.69 Å². The van der Waals surface area contributed by atoms with E-state index in [-0.39, 0.29) is 10.6 Å². The summed E-state index contributed by atoms with van der Waals surface area (Å²) in [5, 5.41) is 13.5. The minimum atomic E-state index is -0.369. The molecule has 0 bridgehead atoms. The average molecular weight is 337 g/mol. The van der Waals surface area contributed by atoms with Crippen LogP contribution < -0.4 is 4.90 Å². The Morgan fingerprint density at radius 1 is 1.12 bits per heavy atom. The fraction of sp³-hybridized carbons (Fsp3) is 0.167. The van der Waals surface area contributed by atoms with Crippen molar-refractivity contribution in [3.63, 3.8) is 0 Å². The predicted octanol–water partition coefficient (Wildman–Crippen LogP) is 4.28. The van der Waals surface area contributed by atoms with E-state index in [1.165, 1.54) is 10.4 Å². The lowest BCUT2D eigenvalue weighted by molar-refractivity contribution is -0.384. The van der Waals surface area contributed by atoms with Crippen molar-refractivity contribution in [3.8, 4) is 11.3 Å². The number of hydrogen-bond donors (Lipinski definition) is 0. The summed E-state index contributed by atoms with van der Waals surface area (Å²) in [5.74, 6) is 0.788. The second-order valence-corrected chi connectivity index (χ2v) is 6.70. The molecule has 0 N–H and O–H groups in total. The number of thiophene rings is 1. The lowest BCUT2D eigenvalue weighted by Crippen LogP contribution is -2.30. The van der Waals surface area contributed by atoms with Crippen molar-refractivity contribution in [3.05, 3.63) is 74.5 Å². The zero-order valence-electron chi connectivity index (χ0n) is 12.9. The molecule has 0 saturated carbocycles. The van der Waals surface area contributed by atoms with E-state index in [1.54, 1.807) is 23.5 Å². The molecule has 0 atom stereocenters. The molecular formula is C18H15N3O2S. The highest BCUT2D eigenvalue weighted by molar-refractivity contribution is 7.10. The van der Waals surface area contributed by atoms with E-state index in [0.29, 0.717) is 5.69 Å². The van der Waals surface area contributed by atoms with Gasteiger partial charge in [-0.05, 0) is 29.5 Å². The predicted molar refractivity (Wildman–Crippen MR) is 95.4 cm³/mol. The molecule has 0 amide bonds. The number of nitro groups is 1. The zero-order valence-corrected chi connectivity index (χ0v) is 13.7. The van der Waals surface area contributed by atoms with Gasteiger partial charge in [-0.15, -0.1) is 11.3 Å². The minimum absolute atomic E-state index is 0.0400. The van der Waals surface area contributed by atoms with Crippen LogP contribution in [0.15, 0.2) is 53.9 Å². The first-order chi connectivity index (χ1) is 11.7. The van der Waals surface area contributed by atoms with E-state index >= 15 is 0 Å². The van der Waals surface area contributed by atoms with Crippen LogP contribution in [0.2, 0.25) is 0 Å². The molecule has 0 spiro atoms. The Bertz CT molecular complexity index is 892. The molecule has 0 saturated heterocycles. The molecule has 24 heavy (non-hydrogen) atoms. The van der Waals surface area contributed by atoms with Gasteiger partial charge in [0.2, 0.25) is 0 Å². The number of nitrogens with zero attached hydrogens (tertiary/aromatic N) is 3. The van der Waals surface area contributed by atoms with Gasteiger partial charge in [0, 0.05) is 29.6 Å². The fourth-order valence-corrected chi connectivity index (χ4v) is 3.91. The maximum atomic E-state index is 11.4.